The van der Waals surface area contributed by atoms with E-state index < -0.39 is 0 Å². The Morgan fingerprint density at radius 1 is 0.971 bits per heavy atom. The highest BCUT2D eigenvalue weighted by molar-refractivity contribution is 5.88. The van der Waals surface area contributed by atoms with Crippen LogP contribution in [0.15, 0.2) is 60.7 Å². The molecule has 3 N–H and O–H groups in total. The average Bonchev–Trinajstić information content (AvgIpc) is 2.88. The SMILES string of the molecule is Cc1ccccc1CNC(=O)N1CCN(c2nc(N)nc3ccc(-c4ccc(F)cc4)nc23)CC1. The van der Waals surface area contributed by atoms with E-state index in [9.17, 15) is 9.18 Å². The zero-order chi connectivity index (χ0) is 24.4. The van der Waals surface area contributed by atoms with Crippen molar-refractivity contribution in [2.75, 3.05) is 36.8 Å². The van der Waals surface area contributed by atoms with Gasteiger partial charge in [0.05, 0.1) is 11.2 Å². The molecule has 8 nitrogen and oxygen atoms in total. The van der Waals surface area contributed by atoms with Gasteiger partial charge in [-0.1, -0.05) is 24.3 Å². The van der Waals surface area contributed by atoms with Crippen molar-refractivity contribution in [3.63, 3.8) is 0 Å². The van der Waals surface area contributed by atoms with E-state index in [2.05, 4.69) is 20.2 Å². The number of urea groups is 1. The molecular weight excluding hydrogens is 445 g/mol. The third-order valence-electron chi connectivity index (χ3n) is 6.24. The second-order valence-corrected chi connectivity index (χ2v) is 8.54. The van der Waals surface area contributed by atoms with Gasteiger partial charge in [0.25, 0.3) is 0 Å². The quantitative estimate of drug-likeness (QED) is 0.470. The van der Waals surface area contributed by atoms with E-state index in [0.717, 1.165) is 16.7 Å². The van der Waals surface area contributed by atoms with Gasteiger partial charge < -0.3 is 20.9 Å². The molecular formula is C26H26FN7O. The van der Waals surface area contributed by atoms with Crippen molar-refractivity contribution in [2.24, 2.45) is 0 Å². The Labute approximate surface area is 202 Å². The van der Waals surface area contributed by atoms with Crippen LogP contribution in [-0.2, 0) is 6.54 Å². The summed E-state index contributed by atoms with van der Waals surface area (Å²) >= 11 is 0. The third-order valence-corrected chi connectivity index (χ3v) is 6.24. The Balaban J connectivity index is 1.31. The van der Waals surface area contributed by atoms with Crippen molar-refractivity contribution in [3.05, 3.63) is 77.6 Å². The number of hydrogen-bond acceptors (Lipinski definition) is 6. The summed E-state index contributed by atoms with van der Waals surface area (Å²) < 4.78 is 13.4. The average molecular weight is 472 g/mol. The molecule has 2 aromatic carbocycles. The molecule has 178 valence electrons. The Morgan fingerprint density at radius 3 is 2.46 bits per heavy atom. The van der Waals surface area contributed by atoms with Gasteiger partial charge in [-0.15, -0.1) is 0 Å². The Bertz CT molecular complexity index is 1370. The molecule has 0 saturated carbocycles. The van der Waals surface area contributed by atoms with Crippen LogP contribution in [0.4, 0.5) is 21.0 Å². The molecule has 0 aliphatic carbocycles. The number of carbonyl (C=O) groups is 1. The van der Waals surface area contributed by atoms with E-state index in [1.165, 1.54) is 12.1 Å². The highest BCUT2D eigenvalue weighted by Crippen LogP contribution is 2.27. The number of hydrogen-bond donors (Lipinski definition) is 2. The maximum atomic E-state index is 13.4. The zero-order valence-corrected chi connectivity index (χ0v) is 19.4. The van der Waals surface area contributed by atoms with Crippen LogP contribution < -0.4 is 16.0 Å². The second kappa shape index (κ2) is 9.54. The number of nitrogens with two attached hydrogens (primary N) is 1. The Hall–Kier alpha value is -4.27. The van der Waals surface area contributed by atoms with Gasteiger partial charge in [0.15, 0.2) is 5.82 Å². The molecule has 1 aliphatic heterocycles. The lowest BCUT2D eigenvalue weighted by Crippen LogP contribution is -2.52. The first-order chi connectivity index (χ1) is 17.0. The first-order valence-corrected chi connectivity index (χ1v) is 11.5. The van der Waals surface area contributed by atoms with Gasteiger partial charge in [-0.3, -0.25) is 0 Å². The van der Waals surface area contributed by atoms with Gasteiger partial charge in [-0.05, 0) is 54.4 Å². The Morgan fingerprint density at radius 2 is 1.71 bits per heavy atom. The summed E-state index contributed by atoms with van der Waals surface area (Å²) in [6.07, 6.45) is 0. The van der Waals surface area contributed by atoms with Gasteiger partial charge in [-0.25, -0.2) is 19.2 Å². The smallest absolute Gasteiger partial charge is 0.317 e. The van der Waals surface area contributed by atoms with E-state index >= 15 is 0 Å². The number of nitrogens with one attached hydrogen (secondary N) is 1. The highest BCUT2D eigenvalue weighted by atomic mass is 19.1. The summed E-state index contributed by atoms with van der Waals surface area (Å²) in [7, 11) is 0. The van der Waals surface area contributed by atoms with Crippen LogP contribution in [0, 0.1) is 12.7 Å². The minimum absolute atomic E-state index is 0.0864. The van der Waals surface area contributed by atoms with Gasteiger partial charge in [0.1, 0.15) is 11.3 Å². The highest BCUT2D eigenvalue weighted by Gasteiger charge is 2.24. The van der Waals surface area contributed by atoms with Crippen molar-refractivity contribution in [2.45, 2.75) is 13.5 Å². The van der Waals surface area contributed by atoms with E-state index in [1.54, 1.807) is 17.0 Å². The molecule has 2 aromatic heterocycles. The number of halogens is 1. The lowest BCUT2D eigenvalue weighted by Gasteiger charge is -2.35. The summed E-state index contributed by atoms with van der Waals surface area (Å²) in [4.78, 5) is 30.2. The summed E-state index contributed by atoms with van der Waals surface area (Å²) in [5.41, 5.74) is 11.0. The normalized spacial score (nSPS) is 13.8. The summed E-state index contributed by atoms with van der Waals surface area (Å²) in [6.45, 7) is 4.80. The molecule has 1 aliphatic rings. The van der Waals surface area contributed by atoms with Gasteiger partial charge >= 0.3 is 6.03 Å². The molecule has 5 rings (SSSR count). The monoisotopic (exact) mass is 471 g/mol. The lowest BCUT2D eigenvalue weighted by atomic mass is 10.1. The van der Waals surface area contributed by atoms with E-state index in [-0.39, 0.29) is 17.8 Å². The minimum atomic E-state index is -0.299. The molecule has 1 fully saturated rings. The van der Waals surface area contributed by atoms with Gasteiger partial charge in [0, 0.05) is 38.3 Å². The minimum Gasteiger partial charge on any atom is -0.368 e. The molecule has 3 heterocycles. The van der Waals surface area contributed by atoms with Crippen molar-refractivity contribution in [3.8, 4) is 11.3 Å². The number of nitrogen functional groups attached to an aromatic ring is 1. The molecule has 0 spiro atoms. The van der Waals surface area contributed by atoms with Crippen molar-refractivity contribution >= 4 is 28.8 Å². The number of aryl methyl sites for hydroxylation is 1. The fourth-order valence-electron chi connectivity index (χ4n) is 4.23. The van der Waals surface area contributed by atoms with Crippen LogP contribution >= 0.6 is 0 Å². The molecule has 4 aromatic rings. The largest absolute Gasteiger partial charge is 0.368 e. The predicted octanol–water partition coefficient (Wildman–Crippen LogP) is 3.75. The fraction of sp³-hybridized carbons (Fsp3) is 0.231. The maximum absolute atomic E-state index is 13.4. The number of amides is 2. The van der Waals surface area contributed by atoms with E-state index in [0.29, 0.717) is 55.3 Å². The number of anilines is 2. The van der Waals surface area contributed by atoms with Crippen LogP contribution in [0.25, 0.3) is 22.3 Å². The first-order valence-electron chi connectivity index (χ1n) is 11.5. The van der Waals surface area contributed by atoms with Crippen LogP contribution in [0.1, 0.15) is 11.1 Å². The topological polar surface area (TPSA) is 100 Å². The standard InChI is InChI=1S/C26H26FN7O/c1-17-4-2-3-5-19(17)16-29-26(35)34-14-12-33(13-15-34)24-23-22(31-25(28)32-24)11-10-21(30-23)18-6-8-20(27)9-7-18/h2-11H,12-16H2,1H3,(H,29,35)(H2,28,31,32). The number of piperazine rings is 1. The van der Waals surface area contributed by atoms with Gasteiger partial charge in [0.2, 0.25) is 5.95 Å². The Kier molecular flexibility index (Phi) is 6.13. The molecule has 0 unspecified atom stereocenters. The van der Waals surface area contributed by atoms with Gasteiger partial charge in [-0.2, -0.15) is 4.98 Å². The number of carbonyl (C=O) groups excluding carboxylic acids is 1. The molecule has 9 heteroatoms. The second-order valence-electron chi connectivity index (χ2n) is 8.54. The summed E-state index contributed by atoms with van der Waals surface area (Å²) in [5.74, 6) is 0.505. The van der Waals surface area contributed by atoms with Crippen LogP contribution in [0.3, 0.4) is 0 Å². The molecule has 0 radical (unpaired) electrons. The zero-order valence-electron chi connectivity index (χ0n) is 19.4. The summed E-state index contributed by atoms with van der Waals surface area (Å²) in [5, 5.41) is 3.02. The van der Waals surface area contributed by atoms with Crippen molar-refractivity contribution in [1.29, 1.82) is 0 Å². The van der Waals surface area contributed by atoms with Crippen molar-refractivity contribution < 1.29 is 9.18 Å². The number of rotatable bonds is 4. The maximum Gasteiger partial charge on any atom is 0.317 e. The molecule has 1 saturated heterocycles. The first kappa shape index (κ1) is 22.5. The number of pyridine rings is 1. The fourth-order valence-corrected chi connectivity index (χ4v) is 4.23. The summed E-state index contributed by atoms with van der Waals surface area (Å²) in [6, 6.07) is 17.8. The number of benzene rings is 2. The van der Waals surface area contributed by atoms with Crippen LogP contribution in [-0.4, -0.2) is 52.1 Å². The van der Waals surface area contributed by atoms with Crippen molar-refractivity contribution in [1.82, 2.24) is 25.2 Å². The predicted molar refractivity (Wildman–Crippen MR) is 134 cm³/mol. The number of fused-ring (bicyclic) bond motifs is 1. The third kappa shape index (κ3) is 4.84. The molecule has 35 heavy (non-hydrogen) atoms. The molecule has 0 atom stereocenters. The van der Waals surface area contributed by atoms with E-state index in [1.807, 2.05) is 43.3 Å². The number of aromatic nitrogens is 3. The molecule has 2 amide bonds. The van der Waals surface area contributed by atoms with Crippen LogP contribution in [0.5, 0.6) is 0 Å². The molecule has 0 bridgehead atoms. The van der Waals surface area contributed by atoms with Crippen LogP contribution in [0.2, 0.25) is 0 Å². The number of nitrogens with zero attached hydrogens (tertiary/aromatic N) is 5. The lowest BCUT2D eigenvalue weighted by molar-refractivity contribution is 0.194. The van der Waals surface area contributed by atoms with E-state index in [4.69, 9.17) is 10.7 Å².